The molecule has 1 aromatic carbocycles. The Balaban J connectivity index is 2.87. The zero-order valence-corrected chi connectivity index (χ0v) is 10.6. The van der Waals surface area contributed by atoms with Crippen LogP contribution >= 0.6 is 39.0 Å². The van der Waals surface area contributed by atoms with Crippen LogP contribution in [-0.4, -0.2) is 6.26 Å². The number of rotatable bonds is 1. The number of thioether (sulfide) groups is 1. The van der Waals surface area contributed by atoms with Gasteiger partial charge in [0.1, 0.15) is 6.07 Å². The van der Waals surface area contributed by atoms with Gasteiger partial charge < -0.3 is 0 Å². The lowest BCUT2D eigenvalue weighted by Crippen LogP contribution is -1.82. The van der Waals surface area contributed by atoms with Gasteiger partial charge in [-0.3, -0.25) is 0 Å². The van der Waals surface area contributed by atoms with Gasteiger partial charge in [-0.2, -0.15) is 5.26 Å². The van der Waals surface area contributed by atoms with Crippen LogP contribution in [0.3, 0.4) is 0 Å². The number of hydrogen-bond donors (Lipinski definition) is 0. The summed E-state index contributed by atoms with van der Waals surface area (Å²) in [6, 6.07) is 6.21. The topological polar surface area (TPSA) is 23.8 Å². The van der Waals surface area contributed by atoms with Gasteiger partial charge in [0, 0.05) is 9.60 Å². The standard InChI is InChI=1S/C10H6BrNS2/c1-13-9-7(5-12)4-6-2-3-14-10(6)8(9)11/h2-4H,1H3. The molecule has 0 aliphatic carbocycles. The van der Waals surface area contributed by atoms with E-state index >= 15 is 0 Å². The summed E-state index contributed by atoms with van der Waals surface area (Å²) in [5.41, 5.74) is 0.746. The summed E-state index contributed by atoms with van der Waals surface area (Å²) in [4.78, 5) is 1.03. The van der Waals surface area contributed by atoms with E-state index in [0.717, 1.165) is 20.3 Å². The fourth-order valence-corrected chi connectivity index (χ4v) is 4.03. The third kappa shape index (κ3) is 1.46. The smallest absolute Gasteiger partial charge is 0.100 e. The van der Waals surface area contributed by atoms with Crippen molar-refractivity contribution in [2.24, 2.45) is 0 Å². The second kappa shape index (κ2) is 3.93. The van der Waals surface area contributed by atoms with Crippen LogP contribution < -0.4 is 0 Å². The van der Waals surface area contributed by atoms with E-state index in [9.17, 15) is 0 Å². The van der Waals surface area contributed by atoms with Crippen molar-refractivity contribution in [2.75, 3.05) is 6.26 Å². The van der Waals surface area contributed by atoms with Gasteiger partial charge >= 0.3 is 0 Å². The Morgan fingerprint density at radius 3 is 3.00 bits per heavy atom. The van der Waals surface area contributed by atoms with E-state index in [1.54, 1.807) is 23.1 Å². The van der Waals surface area contributed by atoms with Crippen molar-refractivity contribution >= 4 is 49.1 Å². The van der Waals surface area contributed by atoms with Crippen molar-refractivity contribution in [3.05, 3.63) is 27.5 Å². The van der Waals surface area contributed by atoms with Gasteiger partial charge in [-0.05, 0) is 45.1 Å². The first kappa shape index (κ1) is 10.0. The molecule has 0 radical (unpaired) electrons. The molecular weight excluding hydrogens is 278 g/mol. The van der Waals surface area contributed by atoms with Crippen molar-refractivity contribution in [1.82, 2.24) is 0 Å². The summed E-state index contributed by atoms with van der Waals surface area (Å²) in [7, 11) is 0. The molecule has 0 N–H and O–H groups in total. The minimum atomic E-state index is 0.746. The fourth-order valence-electron chi connectivity index (χ4n) is 1.34. The van der Waals surface area contributed by atoms with E-state index in [-0.39, 0.29) is 0 Å². The second-order valence-electron chi connectivity index (χ2n) is 2.72. The molecule has 4 heteroatoms. The fraction of sp³-hybridized carbons (Fsp3) is 0.100. The highest BCUT2D eigenvalue weighted by molar-refractivity contribution is 9.10. The molecular formula is C10H6BrNS2. The first-order chi connectivity index (χ1) is 6.77. The molecule has 70 valence electrons. The van der Waals surface area contributed by atoms with Gasteiger partial charge in [-0.15, -0.1) is 23.1 Å². The Morgan fingerprint density at radius 1 is 1.57 bits per heavy atom. The van der Waals surface area contributed by atoms with Gasteiger partial charge in [-0.1, -0.05) is 0 Å². The molecule has 2 aromatic rings. The minimum absolute atomic E-state index is 0.746. The summed E-state index contributed by atoms with van der Waals surface area (Å²) >= 11 is 6.85. The Morgan fingerprint density at radius 2 is 2.36 bits per heavy atom. The van der Waals surface area contributed by atoms with Gasteiger partial charge in [-0.25, -0.2) is 0 Å². The van der Waals surface area contributed by atoms with E-state index in [1.165, 1.54) is 4.70 Å². The molecule has 0 unspecified atom stereocenters. The van der Waals surface area contributed by atoms with Gasteiger partial charge in [0.2, 0.25) is 0 Å². The van der Waals surface area contributed by atoms with Crippen LogP contribution in [-0.2, 0) is 0 Å². The minimum Gasteiger partial charge on any atom is -0.192 e. The highest BCUT2D eigenvalue weighted by Gasteiger charge is 2.11. The van der Waals surface area contributed by atoms with Crippen molar-refractivity contribution in [2.45, 2.75) is 4.90 Å². The van der Waals surface area contributed by atoms with Crippen LogP contribution in [0.1, 0.15) is 5.56 Å². The SMILES string of the molecule is CSc1c(C#N)cc2ccsc2c1Br. The molecule has 0 spiro atoms. The van der Waals surface area contributed by atoms with E-state index in [1.807, 2.05) is 23.8 Å². The highest BCUT2D eigenvalue weighted by atomic mass is 79.9. The largest absolute Gasteiger partial charge is 0.192 e. The molecule has 0 aliphatic rings. The van der Waals surface area contributed by atoms with Gasteiger partial charge in [0.25, 0.3) is 0 Å². The molecule has 2 rings (SSSR count). The number of fused-ring (bicyclic) bond motifs is 1. The lowest BCUT2D eigenvalue weighted by atomic mass is 10.2. The molecule has 1 nitrogen and oxygen atoms in total. The number of nitriles is 1. The third-order valence-corrected chi connectivity index (χ3v) is 5.06. The molecule has 0 atom stereocenters. The third-order valence-electron chi connectivity index (χ3n) is 1.96. The predicted molar refractivity (Wildman–Crippen MR) is 66.0 cm³/mol. The van der Waals surface area contributed by atoms with E-state index in [4.69, 9.17) is 5.26 Å². The lowest BCUT2D eigenvalue weighted by molar-refractivity contribution is 1.38. The molecule has 1 heterocycles. The van der Waals surface area contributed by atoms with Crippen molar-refractivity contribution in [3.63, 3.8) is 0 Å². The second-order valence-corrected chi connectivity index (χ2v) is 5.25. The molecule has 0 saturated carbocycles. The van der Waals surface area contributed by atoms with Crippen molar-refractivity contribution < 1.29 is 0 Å². The van der Waals surface area contributed by atoms with E-state index in [0.29, 0.717) is 0 Å². The maximum atomic E-state index is 8.99. The maximum Gasteiger partial charge on any atom is 0.100 e. The average molecular weight is 284 g/mol. The van der Waals surface area contributed by atoms with Crippen molar-refractivity contribution in [3.8, 4) is 6.07 Å². The predicted octanol–water partition coefficient (Wildman–Crippen LogP) is 4.26. The quantitative estimate of drug-likeness (QED) is 0.731. The van der Waals surface area contributed by atoms with Crippen LogP contribution in [0, 0.1) is 11.3 Å². The molecule has 0 saturated heterocycles. The highest BCUT2D eigenvalue weighted by Crippen LogP contribution is 2.38. The Bertz CT molecular complexity index is 525. The molecule has 14 heavy (non-hydrogen) atoms. The first-order valence-electron chi connectivity index (χ1n) is 3.91. The molecule has 0 amide bonds. The summed E-state index contributed by atoms with van der Waals surface area (Å²) in [5.74, 6) is 0. The van der Waals surface area contributed by atoms with Gasteiger partial charge in [0.05, 0.1) is 10.0 Å². The van der Waals surface area contributed by atoms with Crippen LogP contribution in [0.4, 0.5) is 0 Å². The Hall–Kier alpha value is -0.500. The summed E-state index contributed by atoms with van der Waals surface area (Å²) in [6.45, 7) is 0. The molecule has 0 fully saturated rings. The summed E-state index contributed by atoms with van der Waals surface area (Å²) < 4.78 is 2.27. The van der Waals surface area contributed by atoms with Crippen LogP contribution in [0.2, 0.25) is 0 Å². The number of thiophene rings is 1. The Kier molecular flexibility index (Phi) is 2.82. The molecule has 1 aromatic heterocycles. The first-order valence-corrected chi connectivity index (χ1v) is 6.81. The normalized spacial score (nSPS) is 10.4. The van der Waals surface area contributed by atoms with Crippen LogP contribution in [0.15, 0.2) is 26.9 Å². The lowest BCUT2D eigenvalue weighted by Gasteiger charge is -2.04. The van der Waals surface area contributed by atoms with E-state index in [2.05, 4.69) is 22.0 Å². The van der Waals surface area contributed by atoms with Crippen molar-refractivity contribution in [1.29, 1.82) is 5.26 Å². The summed E-state index contributed by atoms with van der Waals surface area (Å²) in [6.07, 6.45) is 1.99. The number of hydrogen-bond acceptors (Lipinski definition) is 3. The maximum absolute atomic E-state index is 8.99. The zero-order valence-electron chi connectivity index (χ0n) is 7.37. The summed E-state index contributed by atoms with van der Waals surface area (Å²) in [5, 5.41) is 12.2. The van der Waals surface area contributed by atoms with E-state index < -0.39 is 0 Å². The molecule has 0 bridgehead atoms. The van der Waals surface area contributed by atoms with Gasteiger partial charge in [0.15, 0.2) is 0 Å². The average Bonchev–Trinajstić information content (AvgIpc) is 2.65. The monoisotopic (exact) mass is 283 g/mol. The molecule has 0 aliphatic heterocycles. The number of halogens is 1. The zero-order chi connectivity index (χ0) is 10.1. The van der Waals surface area contributed by atoms with Crippen LogP contribution in [0.5, 0.6) is 0 Å². The number of benzene rings is 1. The van der Waals surface area contributed by atoms with Crippen LogP contribution in [0.25, 0.3) is 10.1 Å². The number of nitrogens with zero attached hydrogens (tertiary/aromatic N) is 1. The Labute approximate surface area is 98.9 Å².